The fourth-order valence-electron chi connectivity index (χ4n) is 3.15. The van der Waals surface area contributed by atoms with E-state index >= 15 is 0 Å². The Morgan fingerprint density at radius 1 is 1.25 bits per heavy atom. The van der Waals surface area contributed by atoms with Crippen LogP contribution in [0, 0.1) is 0 Å². The molecule has 0 aromatic heterocycles. The molecule has 0 unspecified atom stereocenters. The molecule has 126 valence electrons. The van der Waals surface area contributed by atoms with E-state index in [1.165, 1.54) is 16.8 Å². The first-order chi connectivity index (χ1) is 11.7. The highest BCUT2D eigenvalue weighted by Gasteiger charge is 2.19. The summed E-state index contributed by atoms with van der Waals surface area (Å²) in [5.74, 6) is 0.904. The number of urea groups is 1. The average Bonchev–Trinajstić information content (AvgIpc) is 3.00. The second kappa shape index (κ2) is 7.25. The van der Waals surface area contributed by atoms with Crippen molar-refractivity contribution in [3.63, 3.8) is 0 Å². The van der Waals surface area contributed by atoms with Crippen molar-refractivity contribution in [1.29, 1.82) is 0 Å². The number of carbonyl (C=O) groups excluding carboxylic acids is 1. The molecule has 2 amide bonds. The molecule has 0 radical (unpaired) electrons. The maximum Gasteiger partial charge on any atom is 0.312 e. The lowest BCUT2D eigenvalue weighted by molar-refractivity contribution is 0.248. The van der Waals surface area contributed by atoms with Crippen molar-refractivity contribution in [2.45, 2.75) is 19.4 Å². The maximum absolute atomic E-state index is 10.8. The predicted molar refractivity (Wildman–Crippen MR) is 95.5 cm³/mol. The molecule has 0 atom stereocenters. The van der Waals surface area contributed by atoms with Gasteiger partial charge in [-0.3, -0.25) is 0 Å². The zero-order chi connectivity index (χ0) is 16.9. The van der Waals surface area contributed by atoms with Gasteiger partial charge in [-0.1, -0.05) is 24.3 Å². The van der Waals surface area contributed by atoms with E-state index in [0.717, 1.165) is 37.2 Å². The van der Waals surface area contributed by atoms with Gasteiger partial charge in [0.05, 0.1) is 7.11 Å². The number of nitrogens with one attached hydrogen (secondary N) is 1. The Labute approximate surface area is 142 Å². The third-order valence-corrected chi connectivity index (χ3v) is 4.41. The van der Waals surface area contributed by atoms with Gasteiger partial charge in [-0.15, -0.1) is 0 Å². The Bertz CT molecular complexity index is 730. The molecule has 5 heteroatoms. The van der Waals surface area contributed by atoms with Crippen molar-refractivity contribution in [3.05, 3.63) is 59.2 Å². The molecule has 0 fully saturated rings. The van der Waals surface area contributed by atoms with Crippen LogP contribution >= 0.6 is 0 Å². The summed E-state index contributed by atoms with van der Waals surface area (Å²) in [5.41, 5.74) is 10.1. The molecule has 3 rings (SSSR count). The van der Waals surface area contributed by atoms with Crippen LogP contribution in [0.5, 0.6) is 5.75 Å². The fourth-order valence-corrected chi connectivity index (χ4v) is 3.15. The number of hydrogen-bond donors (Lipinski definition) is 2. The summed E-state index contributed by atoms with van der Waals surface area (Å²) in [5, 5.41) is 2.64. The van der Waals surface area contributed by atoms with Crippen molar-refractivity contribution in [2.75, 3.05) is 25.1 Å². The van der Waals surface area contributed by atoms with Crippen molar-refractivity contribution in [3.8, 4) is 5.75 Å². The standard InChI is InChI=1S/C19H23N3O2/c1-24-17-4-2-3-14(12-17)7-9-22-10-8-16-11-15(5-6-18(16)22)13-21-19(20)23/h2-6,11-12H,7-10,13H2,1H3,(H3,20,21,23). The van der Waals surface area contributed by atoms with E-state index in [1.807, 2.05) is 12.1 Å². The minimum absolute atomic E-state index is 0.479. The van der Waals surface area contributed by atoms with Crippen molar-refractivity contribution < 1.29 is 9.53 Å². The van der Waals surface area contributed by atoms with Crippen LogP contribution in [-0.4, -0.2) is 26.2 Å². The van der Waals surface area contributed by atoms with Gasteiger partial charge in [0.25, 0.3) is 0 Å². The van der Waals surface area contributed by atoms with Gasteiger partial charge in [-0.05, 0) is 47.7 Å². The number of rotatable bonds is 6. The van der Waals surface area contributed by atoms with E-state index in [2.05, 4.69) is 40.5 Å². The molecule has 3 N–H and O–H groups in total. The molecule has 5 nitrogen and oxygen atoms in total. The lowest BCUT2D eigenvalue weighted by atomic mass is 10.1. The third kappa shape index (κ3) is 3.79. The summed E-state index contributed by atoms with van der Waals surface area (Å²) >= 11 is 0. The average molecular weight is 325 g/mol. The Hall–Kier alpha value is -2.69. The molecule has 0 saturated carbocycles. The topological polar surface area (TPSA) is 67.6 Å². The van der Waals surface area contributed by atoms with Gasteiger partial charge in [-0.2, -0.15) is 0 Å². The number of primary amides is 1. The minimum atomic E-state index is -0.490. The highest BCUT2D eigenvalue weighted by molar-refractivity contribution is 5.71. The third-order valence-electron chi connectivity index (χ3n) is 4.41. The lowest BCUT2D eigenvalue weighted by Crippen LogP contribution is -2.28. The Balaban J connectivity index is 1.63. The van der Waals surface area contributed by atoms with Gasteiger partial charge >= 0.3 is 6.03 Å². The van der Waals surface area contributed by atoms with E-state index < -0.39 is 6.03 Å². The first-order valence-electron chi connectivity index (χ1n) is 8.18. The second-order valence-corrected chi connectivity index (χ2v) is 6.02. The first kappa shape index (κ1) is 16.2. The van der Waals surface area contributed by atoms with Crippen molar-refractivity contribution in [2.24, 2.45) is 5.73 Å². The van der Waals surface area contributed by atoms with Gasteiger partial charge in [0.2, 0.25) is 0 Å². The summed E-state index contributed by atoms with van der Waals surface area (Å²) < 4.78 is 5.28. The zero-order valence-corrected chi connectivity index (χ0v) is 13.9. The molecule has 0 spiro atoms. The molecular formula is C19H23N3O2. The SMILES string of the molecule is COc1cccc(CCN2CCc3cc(CNC(N)=O)ccc32)c1. The lowest BCUT2D eigenvalue weighted by Gasteiger charge is -2.20. The molecule has 0 saturated heterocycles. The number of methoxy groups -OCH3 is 1. The van der Waals surface area contributed by atoms with E-state index in [1.54, 1.807) is 7.11 Å². The van der Waals surface area contributed by atoms with Gasteiger partial charge in [0.15, 0.2) is 0 Å². The van der Waals surface area contributed by atoms with Crippen LogP contribution in [-0.2, 0) is 19.4 Å². The summed E-state index contributed by atoms with van der Waals surface area (Å²) in [4.78, 5) is 13.2. The molecular weight excluding hydrogens is 302 g/mol. The van der Waals surface area contributed by atoms with Crippen molar-refractivity contribution >= 4 is 11.7 Å². The zero-order valence-electron chi connectivity index (χ0n) is 13.9. The van der Waals surface area contributed by atoms with E-state index in [0.29, 0.717) is 6.54 Å². The number of anilines is 1. The molecule has 1 heterocycles. The molecule has 1 aliphatic rings. The number of nitrogens with two attached hydrogens (primary N) is 1. The summed E-state index contributed by atoms with van der Waals surface area (Å²) in [6, 6.07) is 14.1. The smallest absolute Gasteiger partial charge is 0.312 e. The number of benzene rings is 2. The molecule has 0 aliphatic carbocycles. The summed E-state index contributed by atoms with van der Waals surface area (Å²) in [7, 11) is 1.69. The normalized spacial score (nSPS) is 12.8. The van der Waals surface area contributed by atoms with Gasteiger partial charge in [0, 0.05) is 25.3 Å². The molecule has 24 heavy (non-hydrogen) atoms. The maximum atomic E-state index is 10.8. The van der Waals surface area contributed by atoms with Gasteiger partial charge < -0.3 is 20.7 Å². The van der Waals surface area contributed by atoms with Crippen LogP contribution in [0.4, 0.5) is 10.5 Å². The van der Waals surface area contributed by atoms with Crippen LogP contribution in [0.15, 0.2) is 42.5 Å². The summed E-state index contributed by atoms with van der Waals surface area (Å²) in [6.45, 7) is 2.50. The van der Waals surface area contributed by atoms with Crippen molar-refractivity contribution in [1.82, 2.24) is 5.32 Å². The number of carbonyl (C=O) groups is 1. The van der Waals surface area contributed by atoms with E-state index in [-0.39, 0.29) is 0 Å². The second-order valence-electron chi connectivity index (χ2n) is 6.02. The van der Waals surface area contributed by atoms with Crippen LogP contribution in [0.1, 0.15) is 16.7 Å². The molecule has 0 bridgehead atoms. The summed E-state index contributed by atoms with van der Waals surface area (Å²) in [6.07, 6.45) is 2.03. The molecule has 2 aromatic carbocycles. The largest absolute Gasteiger partial charge is 0.497 e. The van der Waals surface area contributed by atoms with E-state index in [4.69, 9.17) is 10.5 Å². The van der Waals surface area contributed by atoms with Crippen LogP contribution in [0.3, 0.4) is 0 Å². The quantitative estimate of drug-likeness (QED) is 0.857. The van der Waals surface area contributed by atoms with Crippen LogP contribution in [0.2, 0.25) is 0 Å². The number of fused-ring (bicyclic) bond motifs is 1. The highest BCUT2D eigenvalue weighted by atomic mass is 16.5. The molecule has 1 aliphatic heterocycles. The van der Waals surface area contributed by atoms with E-state index in [9.17, 15) is 4.79 Å². The van der Waals surface area contributed by atoms with Gasteiger partial charge in [0.1, 0.15) is 5.75 Å². The first-order valence-corrected chi connectivity index (χ1v) is 8.18. The number of nitrogens with zero attached hydrogens (tertiary/aromatic N) is 1. The van der Waals surface area contributed by atoms with Gasteiger partial charge in [-0.25, -0.2) is 4.79 Å². The fraction of sp³-hybridized carbons (Fsp3) is 0.316. The number of amides is 2. The number of hydrogen-bond acceptors (Lipinski definition) is 3. The highest BCUT2D eigenvalue weighted by Crippen LogP contribution is 2.29. The van der Waals surface area contributed by atoms with Crippen LogP contribution in [0.25, 0.3) is 0 Å². The molecule has 2 aromatic rings. The minimum Gasteiger partial charge on any atom is -0.497 e. The van der Waals surface area contributed by atoms with Crippen LogP contribution < -0.4 is 20.7 Å². The monoisotopic (exact) mass is 325 g/mol. The predicted octanol–water partition coefficient (Wildman–Crippen LogP) is 2.47. The Morgan fingerprint density at radius 3 is 2.92 bits per heavy atom. The Kier molecular flexibility index (Phi) is 4.89. The Morgan fingerprint density at radius 2 is 2.12 bits per heavy atom. The number of ether oxygens (including phenoxy) is 1.